The lowest BCUT2D eigenvalue weighted by Crippen LogP contribution is -2.19. The zero-order valence-electron chi connectivity index (χ0n) is 9.92. The van der Waals surface area contributed by atoms with Crippen molar-refractivity contribution in [3.8, 4) is 0 Å². The number of hydrogen-bond donors (Lipinski definition) is 0. The lowest BCUT2D eigenvalue weighted by molar-refractivity contribution is 0.000746. The monoisotopic (exact) mass is 250 g/mol. The van der Waals surface area contributed by atoms with E-state index in [1.807, 2.05) is 6.07 Å². The Morgan fingerprint density at radius 3 is 2.83 bits per heavy atom. The van der Waals surface area contributed by atoms with Crippen LogP contribution in [0.15, 0.2) is 43.0 Å². The fourth-order valence-electron chi connectivity index (χ4n) is 1.89. The molecule has 0 unspecified atom stereocenters. The van der Waals surface area contributed by atoms with Crippen LogP contribution in [0, 0.1) is 0 Å². The Morgan fingerprint density at radius 2 is 2.22 bits per heavy atom. The van der Waals surface area contributed by atoms with Crippen LogP contribution in [0.1, 0.15) is 16.8 Å². The minimum atomic E-state index is -1.07. The maximum atomic E-state index is 13.3. The van der Waals surface area contributed by atoms with Crippen molar-refractivity contribution in [2.45, 2.75) is 24.8 Å². The molecule has 0 radical (unpaired) electrons. The summed E-state index contributed by atoms with van der Waals surface area (Å²) in [6, 6.07) is 8.67. The van der Waals surface area contributed by atoms with Gasteiger partial charge in [0.2, 0.25) is 0 Å². The Hall–Kier alpha value is -1.68. The Kier molecular flexibility index (Phi) is 4.10. The molecule has 0 amide bonds. The zero-order valence-corrected chi connectivity index (χ0v) is 9.92. The average Bonchev–Trinajstić information content (AvgIpc) is 2.77. The Labute approximate surface area is 105 Å². The third-order valence-corrected chi connectivity index (χ3v) is 2.84. The second-order valence-electron chi connectivity index (χ2n) is 4.17. The summed E-state index contributed by atoms with van der Waals surface area (Å²) < 4.78 is 23.8. The maximum Gasteiger partial charge on any atom is 0.338 e. The van der Waals surface area contributed by atoms with Gasteiger partial charge in [0.25, 0.3) is 0 Å². The molecule has 3 atom stereocenters. The first-order chi connectivity index (χ1) is 8.70. The molecule has 1 aliphatic heterocycles. The molecule has 4 heteroatoms. The van der Waals surface area contributed by atoms with Crippen LogP contribution in [0.25, 0.3) is 0 Å². The van der Waals surface area contributed by atoms with E-state index in [0.29, 0.717) is 5.56 Å². The number of ether oxygens (including phenoxy) is 2. The van der Waals surface area contributed by atoms with E-state index in [4.69, 9.17) is 9.47 Å². The van der Waals surface area contributed by atoms with Crippen LogP contribution in [0.5, 0.6) is 0 Å². The van der Waals surface area contributed by atoms with Crippen LogP contribution in [0.3, 0.4) is 0 Å². The second-order valence-corrected chi connectivity index (χ2v) is 4.17. The average molecular weight is 250 g/mol. The van der Waals surface area contributed by atoms with Gasteiger partial charge >= 0.3 is 5.97 Å². The highest BCUT2D eigenvalue weighted by Gasteiger charge is 2.34. The van der Waals surface area contributed by atoms with E-state index in [1.54, 1.807) is 24.3 Å². The summed E-state index contributed by atoms with van der Waals surface area (Å²) in [6.07, 6.45) is -0.383. The van der Waals surface area contributed by atoms with Crippen molar-refractivity contribution in [1.82, 2.24) is 0 Å². The van der Waals surface area contributed by atoms with Crippen molar-refractivity contribution in [2.24, 2.45) is 0 Å². The first-order valence-corrected chi connectivity index (χ1v) is 5.85. The van der Waals surface area contributed by atoms with Crippen molar-refractivity contribution < 1.29 is 18.7 Å². The highest BCUT2D eigenvalue weighted by atomic mass is 19.1. The minimum Gasteiger partial charge on any atom is -0.459 e. The quantitative estimate of drug-likeness (QED) is 0.608. The normalized spacial score (nSPS) is 26.8. The summed E-state index contributed by atoms with van der Waals surface area (Å²) in [5.41, 5.74) is 0.479. The molecule has 0 N–H and O–H groups in total. The van der Waals surface area contributed by atoms with E-state index in [0.717, 1.165) is 0 Å². The molecule has 0 saturated carbocycles. The minimum absolute atomic E-state index is 0.0679. The van der Waals surface area contributed by atoms with Gasteiger partial charge in [-0.1, -0.05) is 24.3 Å². The second kappa shape index (κ2) is 5.78. The number of hydrogen-bond acceptors (Lipinski definition) is 3. The molecule has 2 rings (SSSR count). The molecule has 0 aliphatic carbocycles. The van der Waals surface area contributed by atoms with Crippen LogP contribution in [-0.4, -0.2) is 31.0 Å². The molecule has 1 aromatic rings. The van der Waals surface area contributed by atoms with Gasteiger partial charge in [0.05, 0.1) is 11.7 Å². The summed E-state index contributed by atoms with van der Waals surface area (Å²) in [5.74, 6) is -0.420. The highest BCUT2D eigenvalue weighted by Crippen LogP contribution is 2.24. The number of halogens is 1. The predicted octanol–water partition coefficient (Wildman–Crippen LogP) is 2.53. The zero-order chi connectivity index (χ0) is 13.0. The molecule has 0 spiro atoms. The molecule has 0 bridgehead atoms. The van der Waals surface area contributed by atoms with Gasteiger partial charge < -0.3 is 9.47 Å². The lowest BCUT2D eigenvalue weighted by Gasteiger charge is -2.11. The summed E-state index contributed by atoms with van der Waals surface area (Å²) >= 11 is 0. The highest BCUT2D eigenvalue weighted by molar-refractivity contribution is 5.89. The summed E-state index contributed by atoms with van der Waals surface area (Å²) in [6.45, 7) is 3.57. The van der Waals surface area contributed by atoms with Gasteiger partial charge in [-0.3, -0.25) is 0 Å². The number of carbonyl (C=O) groups is 1. The summed E-state index contributed by atoms with van der Waals surface area (Å²) in [4.78, 5) is 11.6. The van der Waals surface area contributed by atoms with Crippen LogP contribution >= 0.6 is 0 Å². The van der Waals surface area contributed by atoms with Crippen molar-refractivity contribution in [1.29, 1.82) is 0 Å². The van der Waals surface area contributed by atoms with Gasteiger partial charge in [0.15, 0.2) is 0 Å². The van der Waals surface area contributed by atoms with Gasteiger partial charge in [-0.2, -0.15) is 0 Å². The standard InChI is InChI=1S/C14H15FO3/c1-2-13-12(15)8-11(18-13)9-17-14(16)10-6-4-3-5-7-10/h2-7,11-13H,1,8-9H2/t11-,12-,13+/m0/s1. The molecular weight excluding hydrogens is 235 g/mol. The van der Waals surface area contributed by atoms with Crippen molar-refractivity contribution in [3.63, 3.8) is 0 Å². The third-order valence-electron chi connectivity index (χ3n) is 2.84. The van der Waals surface area contributed by atoms with Crippen LogP contribution in [-0.2, 0) is 9.47 Å². The largest absolute Gasteiger partial charge is 0.459 e. The number of alkyl halides is 1. The Balaban J connectivity index is 1.83. The van der Waals surface area contributed by atoms with E-state index >= 15 is 0 Å². The summed E-state index contributed by atoms with van der Waals surface area (Å²) in [7, 11) is 0. The molecule has 1 aromatic carbocycles. The van der Waals surface area contributed by atoms with Gasteiger partial charge in [-0.15, -0.1) is 6.58 Å². The fraction of sp³-hybridized carbons (Fsp3) is 0.357. The molecule has 1 saturated heterocycles. The molecule has 1 heterocycles. The van der Waals surface area contributed by atoms with E-state index < -0.39 is 24.3 Å². The number of benzene rings is 1. The smallest absolute Gasteiger partial charge is 0.338 e. The SMILES string of the molecule is C=C[C@H]1O[C@H](COC(=O)c2ccccc2)C[C@@H]1F. The number of carbonyl (C=O) groups excluding carboxylic acids is 1. The van der Waals surface area contributed by atoms with Crippen LogP contribution in [0.2, 0.25) is 0 Å². The van der Waals surface area contributed by atoms with Crippen molar-refractivity contribution in [3.05, 3.63) is 48.6 Å². The van der Waals surface area contributed by atoms with Crippen molar-refractivity contribution >= 4 is 5.97 Å². The van der Waals surface area contributed by atoms with Gasteiger partial charge in [0, 0.05) is 6.42 Å². The van der Waals surface area contributed by atoms with Crippen LogP contribution in [0.4, 0.5) is 4.39 Å². The number of esters is 1. The molecule has 1 fully saturated rings. The molecule has 3 nitrogen and oxygen atoms in total. The molecule has 18 heavy (non-hydrogen) atoms. The first kappa shape index (κ1) is 12.8. The Morgan fingerprint density at radius 1 is 1.50 bits per heavy atom. The van der Waals surface area contributed by atoms with Gasteiger partial charge in [-0.05, 0) is 12.1 Å². The van der Waals surface area contributed by atoms with Gasteiger partial charge in [0.1, 0.15) is 18.9 Å². The van der Waals surface area contributed by atoms with Crippen LogP contribution < -0.4 is 0 Å². The van der Waals surface area contributed by atoms with E-state index in [2.05, 4.69) is 6.58 Å². The van der Waals surface area contributed by atoms with Gasteiger partial charge in [-0.25, -0.2) is 9.18 Å². The predicted molar refractivity (Wildman–Crippen MR) is 65.1 cm³/mol. The van der Waals surface area contributed by atoms with E-state index in [1.165, 1.54) is 6.08 Å². The summed E-state index contributed by atoms with van der Waals surface area (Å²) in [5, 5.41) is 0. The Bertz CT molecular complexity index is 418. The maximum absolute atomic E-state index is 13.3. The third kappa shape index (κ3) is 2.96. The lowest BCUT2D eigenvalue weighted by atomic mass is 10.1. The van der Waals surface area contributed by atoms with Crippen molar-refractivity contribution in [2.75, 3.05) is 6.61 Å². The van der Waals surface area contributed by atoms with E-state index in [9.17, 15) is 9.18 Å². The van der Waals surface area contributed by atoms with E-state index in [-0.39, 0.29) is 13.0 Å². The molecule has 96 valence electrons. The fourth-order valence-corrected chi connectivity index (χ4v) is 1.89. The molecule has 0 aromatic heterocycles. The molecular formula is C14H15FO3. The first-order valence-electron chi connectivity index (χ1n) is 5.85. The molecule has 1 aliphatic rings. The number of rotatable bonds is 4. The topological polar surface area (TPSA) is 35.5 Å².